The summed E-state index contributed by atoms with van der Waals surface area (Å²) in [5.74, 6) is 0.131. The zero-order valence-corrected chi connectivity index (χ0v) is 15.2. The van der Waals surface area contributed by atoms with Crippen LogP contribution in [0.4, 0.5) is 0 Å². The summed E-state index contributed by atoms with van der Waals surface area (Å²) in [6.45, 7) is 0.721. The van der Waals surface area contributed by atoms with Crippen molar-refractivity contribution in [1.29, 1.82) is 0 Å². The van der Waals surface area contributed by atoms with Crippen molar-refractivity contribution in [3.8, 4) is 0 Å². The number of benzene rings is 1. The third kappa shape index (κ3) is 3.26. The molecule has 0 atom stereocenters. The molecule has 1 saturated carbocycles. The summed E-state index contributed by atoms with van der Waals surface area (Å²) >= 11 is 7.45. The molecule has 0 saturated heterocycles. The normalized spacial score (nSPS) is 14.3. The number of hydrogen-bond donors (Lipinski definition) is 0. The van der Waals surface area contributed by atoms with Crippen LogP contribution in [0.2, 0.25) is 0 Å². The molecule has 104 valence electrons. The molecule has 0 aliphatic heterocycles. The van der Waals surface area contributed by atoms with Crippen molar-refractivity contribution in [3.05, 3.63) is 54.2 Å². The Labute approximate surface area is 144 Å². The fourth-order valence-corrected chi connectivity index (χ4v) is 3.75. The molecular weight excluding hydrogens is 449 g/mol. The van der Waals surface area contributed by atoms with E-state index in [9.17, 15) is 4.79 Å². The van der Waals surface area contributed by atoms with Gasteiger partial charge in [-0.25, -0.2) is 0 Å². The highest BCUT2D eigenvalue weighted by molar-refractivity contribution is 14.1. The summed E-state index contributed by atoms with van der Waals surface area (Å²) in [7, 11) is 0. The molecular formula is C15H13BrINOS. The maximum Gasteiger partial charge on any atom is 0.255 e. The van der Waals surface area contributed by atoms with Gasteiger partial charge in [-0.2, -0.15) is 0 Å². The standard InChI is InChI=1S/C15H13BrINOS/c16-14-6-3-10(17)8-13(14)15(19)18(11-4-5-11)9-12-2-1-7-20-12/h1-3,6-8,11H,4-5,9H2. The molecule has 20 heavy (non-hydrogen) atoms. The molecule has 1 fully saturated rings. The number of nitrogens with zero attached hydrogens (tertiary/aromatic N) is 1. The van der Waals surface area contributed by atoms with E-state index in [1.807, 2.05) is 29.2 Å². The van der Waals surface area contributed by atoms with Crippen molar-refractivity contribution in [3.63, 3.8) is 0 Å². The summed E-state index contributed by atoms with van der Waals surface area (Å²) in [5, 5.41) is 2.06. The monoisotopic (exact) mass is 461 g/mol. The molecule has 5 heteroatoms. The molecule has 0 bridgehead atoms. The van der Waals surface area contributed by atoms with E-state index in [4.69, 9.17) is 0 Å². The van der Waals surface area contributed by atoms with Crippen LogP contribution in [-0.4, -0.2) is 16.8 Å². The highest BCUT2D eigenvalue weighted by Crippen LogP contribution is 2.32. The van der Waals surface area contributed by atoms with Crippen LogP contribution in [-0.2, 0) is 6.54 Å². The van der Waals surface area contributed by atoms with Gasteiger partial charge in [-0.05, 0) is 81.0 Å². The van der Waals surface area contributed by atoms with Crippen LogP contribution in [0, 0.1) is 3.57 Å². The first-order chi connectivity index (χ1) is 9.65. The van der Waals surface area contributed by atoms with E-state index in [-0.39, 0.29) is 5.91 Å². The topological polar surface area (TPSA) is 20.3 Å². The van der Waals surface area contributed by atoms with Gasteiger partial charge >= 0.3 is 0 Å². The van der Waals surface area contributed by atoms with Crippen molar-refractivity contribution < 1.29 is 4.79 Å². The Morgan fingerprint density at radius 2 is 2.20 bits per heavy atom. The Hall–Kier alpha value is -0.400. The molecule has 2 aromatic rings. The Kier molecular flexibility index (Phi) is 4.47. The first-order valence-corrected chi connectivity index (χ1v) is 9.18. The van der Waals surface area contributed by atoms with Crippen LogP contribution in [0.5, 0.6) is 0 Å². The Morgan fingerprint density at radius 1 is 1.40 bits per heavy atom. The van der Waals surface area contributed by atoms with Crippen molar-refractivity contribution in [2.45, 2.75) is 25.4 Å². The van der Waals surface area contributed by atoms with E-state index >= 15 is 0 Å². The van der Waals surface area contributed by atoms with E-state index in [0.29, 0.717) is 6.04 Å². The molecule has 0 radical (unpaired) electrons. The van der Waals surface area contributed by atoms with E-state index in [0.717, 1.165) is 33.0 Å². The molecule has 1 amide bonds. The third-order valence-electron chi connectivity index (χ3n) is 3.31. The predicted octanol–water partition coefficient (Wildman–Crippen LogP) is 4.92. The number of carbonyl (C=O) groups is 1. The molecule has 1 aliphatic carbocycles. The van der Waals surface area contributed by atoms with E-state index in [1.54, 1.807) is 11.3 Å². The van der Waals surface area contributed by atoms with Crippen LogP contribution in [0.15, 0.2) is 40.2 Å². The van der Waals surface area contributed by atoms with Gasteiger partial charge in [-0.3, -0.25) is 4.79 Å². The van der Waals surface area contributed by atoms with Crippen LogP contribution >= 0.6 is 49.9 Å². The fourth-order valence-electron chi connectivity index (χ4n) is 2.14. The zero-order chi connectivity index (χ0) is 14.1. The minimum atomic E-state index is 0.131. The molecule has 2 nitrogen and oxygen atoms in total. The number of hydrogen-bond acceptors (Lipinski definition) is 2. The Balaban J connectivity index is 1.87. The van der Waals surface area contributed by atoms with Gasteiger partial charge in [0, 0.05) is 19.0 Å². The lowest BCUT2D eigenvalue weighted by Gasteiger charge is -2.22. The average molecular weight is 462 g/mol. The van der Waals surface area contributed by atoms with Crippen molar-refractivity contribution in [2.24, 2.45) is 0 Å². The molecule has 0 spiro atoms. The van der Waals surface area contributed by atoms with Crippen LogP contribution in [0.1, 0.15) is 28.1 Å². The predicted molar refractivity (Wildman–Crippen MR) is 94.1 cm³/mol. The van der Waals surface area contributed by atoms with Crippen molar-refractivity contribution in [2.75, 3.05) is 0 Å². The average Bonchev–Trinajstić information content (AvgIpc) is 3.15. The van der Waals surface area contributed by atoms with Gasteiger partial charge < -0.3 is 4.90 Å². The number of thiophene rings is 1. The second kappa shape index (κ2) is 6.15. The molecule has 0 unspecified atom stereocenters. The van der Waals surface area contributed by atoms with Gasteiger partial charge in [0.15, 0.2) is 0 Å². The second-order valence-corrected chi connectivity index (χ2v) is 8.00. The molecule has 0 N–H and O–H groups in total. The SMILES string of the molecule is O=C(c1cc(I)ccc1Br)N(Cc1cccs1)C1CC1. The summed E-state index contributed by atoms with van der Waals surface area (Å²) in [4.78, 5) is 16.1. The second-order valence-electron chi connectivity index (χ2n) is 4.87. The summed E-state index contributed by atoms with van der Waals surface area (Å²) in [6.07, 6.45) is 2.25. The number of amides is 1. The van der Waals surface area contributed by atoms with E-state index < -0.39 is 0 Å². The lowest BCUT2D eigenvalue weighted by atomic mass is 10.2. The van der Waals surface area contributed by atoms with Crippen LogP contribution in [0.3, 0.4) is 0 Å². The van der Waals surface area contributed by atoms with Gasteiger partial charge in [0.1, 0.15) is 0 Å². The minimum Gasteiger partial charge on any atom is -0.330 e. The smallest absolute Gasteiger partial charge is 0.255 e. The Morgan fingerprint density at radius 3 is 2.85 bits per heavy atom. The van der Waals surface area contributed by atoms with E-state index in [1.165, 1.54) is 4.88 Å². The summed E-state index contributed by atoms with van der Waals surface area (Å²) in [6, 6.07) is 10.5. The van der Waals surface area contributed by atoms with Crippen LogP contribution in [0.25, 0.3) is 0 Å². The minimum absolute atomic E-state index is 0.131. The highest BCUT2D eigenvalue weighted by Gasteiger charge is 2.33. The maximum atomic E-state index is 12.8. The summed E-state index contributed by atoms with van der Waals surface area (Å²) < 4.78 is 1.96. The van der Waals surface area contributed by atoms with E-state index in [2.05, 4.69) is 50.0 Å². The largest absolute Gasteiger partial charge is 0.330 e. The summed E-state index contributed by atoms with van der Waals surface area (Å²) in [5.41, 5.74) is 0.764. The zero-order valence-electron chi connectivity index (χ0n) is 10.7. The lowest BCUT2D eigenvalue weighted by molar-refractivity contribution is 0.0730. The van der Waals surface area contributed by atoms with Gasteiger partial charge in [0.05, 0.1) is 12.1 Å². The molecule has 3 rings (SSSR count). The molecule has 1 aromatic heterocycles. The highest BCUT2D eigenvalue weighted by atomic mass is 127. The first-order valence-electron chi connectivity index (χ1n) is 6.43. The first kappa shape index (κ1) is 14.5. The van der Waals surface area contributed by atoms with Gasteiger partial charge in [0.2, 0.25) is 0 Å². The van der Waals surface area contributed by atoms with Gasteiger partial charge in [0.25, 0.3) is 5.91 Å². The van der Waals surface area contributed by atoms with Crippen molar-refractivity contribution >= 4 is 55.8 Å². The molecule has 1 heterocycles. The molecule has 1 aliphatic rings. The maximum absolute atomic E-state index is 12.8. The molecule has 1 aromatic carbocycles. The number of halogens is 2. The van der Waals surface area contributed by atoms with Gasteiger partial charge in [-0.1, -0.05) is 6.07 Å². The van der Waals surface area contributed by atoms with Crippen LogP contribution < -0.4 is 0 Å². The third-order valence-corrected chi connectivity index (χ3v) is 5.54. The van der Waals surface area contributed by atoms with Gasteiger partial charge in [-0.15, -0.1) is 11.3 Å². The quantitative estimate of drug-likeness (QED) is 0.591. The van der Waals surface area contributed by atoms with Crippen molar-refractivity contribution in [1.82, 2.24) is 4.90 Å². The number of carbonyl (C=O) groups excluding carboxylic acids is 1. The lowest BCUT2D eigenvalue weighted by Crippen LogP contribution is -2.32. The fraction of sp³-hybridized carbons (Fsp3) is 0.267. The Bertz CT molecular complexity index is 625. The number of rotatable bonds is 4.